The summed E-state index contributed by atoms with van der Waals surface area (Å²) in [6.07, 6.45) is 1.87. The van der Waals surface area contributed by atoms with Crippen molar-refractivity contribution in [2.75, 3.05) is 20.1 Å². The van der Waals surface area contributed by atoms with Crippen LogP contribution in [0.2, 0.25) is 0 Å². The van der Waals surface area contributed by atoms with Crippen molar-refractivity contribution in [2.45, 2.75) is 37.9 Å². The summed E-state index contributed by atoms with van der Waals surface area (Å²) in [7, 11) is -2.33. The van der Waals surface area contributed by atoms with Gasteiger partial charge in [-0.3, -0.25) is 9.59 Å². The fourth-order valence-corrected chi connectivity index (χ4v) is 4.79. The monoisotopic (exact) mass is 306 g/mol. The van der Waals surface area contributed by atoms with Gasteiger partial charge >= 0.3 is 5.97 Å². The minimum atomic E-state index is -3.77. The Morgan fingerprint density at radius 1 is 1.35 bits per heavy atom. The molecular weight excluding hydrogens is 284 g/mol. The Morgan fingerprint density at radius 3 is 2.50 bits per heavy atom. The molecule has 0 heterocycles. The van der Waals surface area contributed by atoms with E-state index in [2.05, 4.69) is 5.32 Å². The van der Waals surface area contributed by atoms with Gasteiger partial charge in [0, 0.05) is 13.6 Å². The van der Waals surface area contributed by atoms with Gasteiger partial charge in [0.25, 0.3) is 0 Å². The highest BCUT2D eigenvalue weighted by atomic mass is 32.2. The SMILES string of the molecule is CCCN(CC(=O)NC)S(=O)(=O)C1CCCC1C(=O)O. The first-order chi connectivity index (χ1) is 9.34. The summed E-state index contributed by atoms with van der Waals surface area (Å²) >= 11 is 0. The van der Waals surface area contributed by atoms with Crippen LogP contribution >= 0.6 is 0 Å². The van der Waals surface area contributed by atoms with Crippen molar-refractivity contribution in [3.05, 3.63) is 0 Å². The van der Waals surface area contributed by atoms with E-state index in [-0.39, 0.29) is 13.1 Å². The molecule has 8 heteroatoms. The van der Waals surface area contributed by atoms with Crippen LogP contribution in [-0.4, -0.2) is 55.1 Å². The summed E-state index contributed by atoms with van der Waals surface area (Å²) in [5.41, 5.74) is 0. The fourth-order valence-electron chi connectivity index (χ4n) is 2.54. The zero-order valence-electron chi connectivity index (χ0n) is 11.8. The number of nitrogens with zero attached hydrogens (tertiary/aromatic N) is 1. The van der Waals surface area contributed by atoms with Crippen molar-refractivity contribution >= 4 is 21.9 Å². The molecule has 0 saturated heterocycles. The molecule has 2 unspecified atom stereocenters. The van der Waals surface area contributed by atoms with Gasteiger partial charge in [-0.05, 0) is 19.3 Å². The Kier molecular flexibility index (Phi) is 5.94. The van der Waals surface area contributed by atoms with E-state index in [1.807, 2.05) is 6.92 Å². The second-order valence-corrected chi connectivity index (χ2v) is 7.12. The van der Waals surface area contributed by atoms with Gasteiger partial charge in [-0.25, -0.2) is 8.42 Å². The summed E-state index contributed by atoms with van der Waals surface area (Å²) in [5.74, 6) is -2.34. The van der Waals surface area contributed by atoms with Crippen molar-refractivity contribution in [1.29, 1.82) is 0 Å². The Balaban J connectivity index is 2.97. The Morgan fingerprint density at radius 2 is 2.00 bits per heavy atom. The van der Waals surface area contributed by atoms with Crippen LogP contribution in [0.3, 0.4) is 0 Å². The van der Waals surface area contributed by atoms with Gasteiger partial charge in [0.1, 0.15) is 0 Å². The van der Waals surface area contributed by atoms with E-state index in [1.54, 1.807) is 0 Å². The van der Waals surface area contributed by atoms with Crippen LogP contribution in [-0.2, 0) is 19.6 Å². The zero-order valence-corrected chi connectivity index (χ0v) is 12.6. The van der Waals surface area contributed by atoms with Crippen LogP contribution in [0.4, 0.5) is 0 Å². The predicted molar refractivity (Wildman–Crippen MR) is 73.6 cm³/mol. The van der Waals surface area contributed by atoms with Crippen LogP contribution < -0.4 is 5.32 Å². The average molecular weight is 306 g/mol. The molecule has 0 bridgehead atoms. The lowest BCUT2D eigenvalue weighted by Gasteiger charge is -2.26. The molecule has 2 N–H and O–H groups in total. The van der Waals surface area contributed by atoms with Gasteiger partial charge in [-0.1, -0.05) is 13.3 Å². The lowest BCUT2D eigenvalue weighted by molar-refractivity contribution is -0.141. The molecule has 1 aliphatic rings. The third-order valence-corrected chi connectivity index (χ3v) is 5.94. The first kappa shape index (κ1) is 16.9. The summed E-state index contributed by atoms with van der Waals surface area (Å²) in [6.45, 7) is 1.78. The van der Waals surface area contributed by atoms with Crippen molar-refractivity contribution in [2.24, 2.45) is 5.92 Å². The molecule has 20 heavy (non-hydrogen) atoms. The maximum absolute atomic E-state index is 12.6. The Bertz CT molecular complexity index is 462. The molecule has 1 aliphatic carbocycles. The van der Waals surface area contributed by atoms with Gasteiger partial charge in [0.15, 0.2) is 0 Å². The standard InChI is InChI=1S/C12H22N2O5S/c1-3-7-14(8-11(15)13-2)20(18,19)10-6-4-5-9(10)12(16)17/h9-10H,3-8H2,1-2H3,(H,13,15)(H,16,17). The third kappa shape index (κ3) is 3.69. The van der Waals surface area contributed by atoms with Crippen LogP contribution in [0, 0.1) is 5.92 Å². The van der Waals surface area contributed by atoms with E-state index in [4.69, 9.17) is 5.11 Å². The molecule has 116 valence electrons. The smallest absolute Gasteiger partial charge is 0.307 e. The van der Waals surface area contributed by atoms with Crippen LogP contribution in [0.5, 0.6) is 0 Å². The molecule has 1 saturated carbocycles. The van der Waals surface area contributed by atoms with Gasteiger partial charge in [0.2, 0.25) is 15.9 Å². The second-order valence-electron chi connectivity index (χ2n) is 4.97. The number of nitrogens with one attached hydrogen (secondary N) is 1. The summed E-state index contributed by atoms with van der Waals surface area (Å²) in [6, 6.07) is 0. The number of carbonyl (C=O) groups excluding carboxylic acids is 1. The Hall–Kier alpha value is -1.15. The molecule has 0 radical (unpaired) electrons. The highest BCUT2D eigenvalue weighted by Crippen LogP contribution is 2.33. The number of aliphatic carboxylic acids is 1. The van der Waals surface area contributed by atoms with Gasteiger partial charge in [-0.2, -0.15) is 4.31 Å². The van der Waals surface area contributed by atoms with E-state index < -0.39 is 33.1 Å². The molecule has 2 atom stereocenters. The lowest BCUT2D eigenvalue weighted by atomic mass is 10.1. The van der Waals surface area contributed by atoms with Crippen molar-refractivity contribution in [3.63, 3.8) is 0 Å². The number of amides is 1. The van der Waals surface area contributed by atoms with E-state index >= 15 is 0 Å². The highest BCUT2D eigenvalue weighted by Gasteiger charge is 2.44. The fraction of sp³-hybridized carbons (Fsp3) is 0.833. The van der Waals surface area contributed by atoms with Crippen molar-refractivity contribution in [1.82, 2.24) is 9.62 Å². The number of rotatable bonds is 7. The number of sulfonamides is 1. The second kappa shape index (κ2) is 7.03. The minimum Gasteiger partial charge on any atom is -0.481 e. The van der Waals surface area contributed by atoms with E-state index in [9.17, 15) is 18.0 Å². The van der Waals surface area contributed by atoms with Crippen LogP contribution in [0.15, 0.2) is 0 Å². The number of hydrogen-bond donors (Lipinski definition) is 2. The molecule has 0 aromatic rings. The number of likely N-dealkylation sites (N-methyl/N-ethyl adjacent to an activating group) is 1. The molecule has 0 spiro atoms. The minimum absolute atomic E-state index is 0.221. The molecule has 1 fully saturated rings. The lowest BCUT2D eigenvalue weighted by Crippen LogP contribution is -2.46. The average Bonchev–Trinajstić information content (AvgIpc) is 2.88. The van der Waals surface area contributed by atoms with Gasteiger partial charge in [-0.15, -0.1) is 0 Å². The van der Waals surface area contributed by atoms with Crippen molar-refractivity contribution in [3.8, 4) is 0 Å². The first-order valence-corrected chi connectivity index (χ1v) is 8.27. The summed E-state index contributed by atoms with van der Waals surface area (Å²) < 4.78 is 26.3. The van der Waals surface area contributed by atoms with Gasteiger partial charge < -0.3 is 10.4 Å². The molecule has 0 aromatic carbocycles. The number of hydrogen-bond acceptors (Lipinski definition) is 4. The Labute approximate surface area is 119 Å². The van der Waals surface area contributed by atoms with Crippen LogP contribution in [0.1, 0.15) is 32.6 Å². The number of carboxylic acids is 1. The van der Waals surface area contributed by atoms with Crippen molar-refractivity contribution < 1.29 is 23.1 Å². The maximum Gasteiger partial charge on any atom is 0.307 e. The van der Waals surface area contributed by atoms with Crippen LogP contribution in [0.25, 0.3) is 0 Å². The third-order valence-electron chi connectivity index (χ3n) is 3.58. The largest absolute Gasteiger partial charge is 0.481 e. The van der Waals surface area contributed by atoms with Gasteiger partial charge in [0.05, 0.1) is 17.7 Å². The number of carbonyl (C=O) groups is 2. The quantitative estimate of drug-likeness (QED) is 0.690. The molecule has 7 nitrogen and oxygen atoms in total. The molecule has 0 aromatic heterocycles. The normalized spacial score (nSPS) is 22.9. The highest BCUT2D eigenvalue weighted by molar-refractivity contribution is 7.89. The van der Waals surface area contributed by atoms with E-state index in [0.29, 0.717) is 25.7 Å². The predicted octanol–water partition coefficient (Wildman–Crippen LogP) is 0.0275. The zero-order chi connectivity index (χ0) is 15.3. The number of carboxylic acid groups (broad SMARTS) is 1. The molecule has 1 rings (SSSR count). The summed E-state index contributed by atoms with van der Waals surface area (Å²) in [5, 5.41) is 10.6. The van der Waals surface area contributed by atoms with E-state index in [0.717, 1.165) is 4.31 Å². The van der Waals surface area contributed by atoms with E-state index in [1.165, 1.54) is 7.05 Å². The summed E-state index contributed by atoms with van der Waals surface area (Å²) in [4.78, 5) is 22.6. The molecular formula is C12H22N2O5S. The first-order valence-electron chi connectivity index (χ1n) is 6.77. The maximum atomic E-state index is 12.6. The topological polar surface area (TPSA) is 104 Å². The molecule has 0 aliphatic heterocycles. The molecule has 1 amide bonds.